The fraction of sp³-hybridized carbons (Fsp3) is 0.348. The van der Waals surface area contributed by atoms with Crippen LogP contribution < -0.4 is 5.56 Å². The van der Waals surface area contributed by atoms with Gasteiger partial charge in [0.15, 0.2) is 5.16 Å². The van der Waals surface area contributed by atoms with E-state index in [1.54, 1.807) is 7.05 Å². The zero-order valence-corrected chi connectivity index (χ0v) is 19.8. The number of carbonyl (C=O) groups excluding carboxylic acids is 1. The Kier molecular flexibility index (Phi) is 7.68. The van der Waals surface area contributed by atoms with Gasteiger partial charge in [0.05, 0.1) is 36.1 Å². The van der Waals surface area contributed by atoms with Gasteiger partial charge in [-0.2, -0.15) is 10.5 Å². The van der Waals surface area contributed by atoms with Crippen molar-refractivity contribution in [3.8, 4) is 23.3 Å². The summed E-state index contributed by atoms with van der Waals surface area (Å²) in [6.45, 7) is 4.67. The van der Waals surface area contributed by atoms with Gasteiger partial charge in [-0.15, -0.1) is 11.3 Å². The first-order valence-corrected chi connectivity index (χ1v) is 11.9. The van der Waals surface area contributed by atoms with Crippen molar-refractivity contribution in [3.05, 3.63) is 45.1 Å². The molecule has 3 aromatic rings. The summed E-state index contributed by atoms with van der Waals surface area (Å²) < 4.78 is 1.48. The van der Waals surface area contributed by atoms with Crippen LogP contribution in [0.25, 0.3) is 21.3 Å². The first-order valence-electron chi connectivity index (χ1n) is 10.1. The summed E-state index contributed by atoms with van der Waals surface area (Å²) in [5, 5.41) is 20.6. The molecule has 0 saturated carbocycles. The summed E-state index contributed by atoms with van der Waals surface area (Å²) in [4.78, 5) is 32.6. The van der Waals surface area contributed by atoms with E-state index in [0.717, 1.165) is 16.7 Å². The summed E-state index contributed by atoms with van der Waals surface area (Å²) in [5.74, 6) is -0.102. The molecule has 0 bridgehead atoms. The number of carbonyl (C=O) groups is 1. The van der Waals surface area contributed by atoms with Crippen LogP contribution in [-0.4, -0.2) is 39.2 Å². The Morgan fingerprint density at radius 3 is 2.50 bits per heavy atom. The molecule has 164 valence electrons. The third-order valence-corrected chi connectivity index (χ3v) is 7.14. The lowest BCUT2D eigenvalue weighted by Crippen LogP contribution is -2.34. The van der Waals surface area contributed by atoms with Crippen LogP contribution >= 0.6 is 23.1 Å². The molecule has 2 aromatic heterocycles. The second-order valence-corrected chi connectivity index (χ2v) is 9.17. The minimum atomic E-state index is -0.183. The van der Waals surface area contributed by atoms with Gasteiger partial charge in [-0.25, -0.2) is 4.98 Å². The summed E-state index contributed by atoms with van der Waals surface area (Å²) in [6, 6.07) is 10.2. The second-order valence-electron chi connectivity index (χ2n) is 7.37. The Labute approximate surface area is 194 Å². The van der Waals surface area contributed by atoms with E-state index in [1.165, 1.54) is 38.1 Å². The molecule has 9 heteroatoms. The molecule has 0 aliphatic rings. The summed E-state index contributed by atoms with van der Waals surface area (Å²) in [5.41, 5.74) is 4.06. The van der Waals surface area contributed by atoms with Crippen LogP contribution in [0, 0.1) is 36.5 Å². The van der Waals surface area contributed by atoms with Gasteiger partial charge in [0.1, 0.15) is 4.83 Å². The quantitative estimate of drug-likeness (QED) is 0.368. The Bertz CT molecular complexity index is 1280. The Morgan fingerprint density at radius 1 is 1.19 bits per heavy atom. The van der Waals surface area contributed by atoms with Crippen molar-refractivity contribution in [2.24, 2.45) is 7.05 Å². The third kappa shape index (κ3) is 5.01. The SMILES string of the molecule is Cc1ccc(-c2csc3nc(SCC(=O)N(CCC#N)CCC#N)n(C)c(=O)c23)cc1C. The van der Waals surface area contributed by atoms with Crippen molar-refractivity contribution in [2.75, 3.05) is 18.8 Å². The minimum Gasteiger partial charge on any atom is -0.340 e. The fourth-order valence-electron chi connectivity index (χ4n) is 3.25. The standard InChI is InChI=1S/C23H23N5O2S2/c1-15-6-7-17(12-16(15)2)18-13-31-21-20(18)22(30)27(3)23(26-21)32-14-19(29)28(10-4-8-24)11-5-9-25/h6-7,12-13H,4-5,10-11,14H2,1-3H3. The van der Waals surface area contributed by atoms with Crippen LogP contribution in [0.3, 0.4) is 0 Å². The van der Waals surface area contributed by atoms with E-state index in [-0.39, 0.29) is 43.2 Å². The summed E-state index contributed by atoms with van der Waals surface area (Å²) in [6.07, 6.45) is 0.419. The molecular weight excluding hydrogens is 442 g/mol. The molecule has 32 heavy (non-hydrogen) atoms. The van der Waals surface area contributed by atoms with E-state index >= 15 is 0 Å². The number of aromatic nitrogens is 2. The molecule has 0 aliphatic carbocycles. The van der Waals surface area contributed by atoms with Crippen LogP contribution in [0.4, 0.5) is 0 Å². The van der Waals surface area contributed by atoms with E-state index in [4.69, 9.17) is 10.5 Å². The molecule has 0 N–H and O–H groups in total. The van der Waals surface area contributed by atoms with Crippen LogP contribution in [0.2, 0.25) is 0 Å². The van der Waals surface area contributed by atoms with Gasteiger partial charge < -0.3 is 4.90 Å². The highest BCUT2D eigenvalue weighted by atomic mass is 32.2. The smallest absolute Gasteiger partial charge is 0.263 e. The van der Waals surface area contributed by atoms with Crippen molar-refractivity contribution in [3.63, 3.8) is 0 Å². The number of fused-ring (bicyclic) bond motifs is 1. The van der Waals surface area contributed by atoms with Crippen molar-refractivity contribution in [2.45, 2.75) is 31.8 Å². The topological polar surface area (TPSA) is 103 Å². The highest BCUT2D eigenvalue weighted by molar-refractivity contribution is 7.99. The van der Waals surface area contributed by atoms with Crippen LogP contribution in [-0.2, 0) is 11.8 Å². The van der Waals surface area contributed by atoms with Gasteiger partial charge >= 0.3 is 0 Å². The van der Waals surface area contributed by atoms with Crippen LogP contribution in [0.15, 0.2) is 33.5 Å². The molecule has 2 heterocycles. The zero-order valence-electron chi connectivity index (χ0n) is 18.2. The first kappa shape index (κ1) is 23.5. The number of benzene rings is 1. The first-order chi connectivity index (χ1) is 15.4. The largest absolute Gasteiger partial charge is 0.340 e. The molecule has 3 rings (SSSR count). The van der Waals surface area contributed by atoms with E-state index in [1.807, 2.05) is 36.6 Å². The van der Waals surface area contributed by atoms with Crippen molar-refractivity contribution in [1.29, 1.82) is 10.5 Å². The van der Waals surface area contributed by atoms with Gasteiger partial charge in [0.25, 0.3) is 5.56 Å². The normalized spacial score (nSPS) is 10.7. The molecule has 0 fully saturated rings. The molecule has 1 amide bonds. The molecular formula is C23H23N5O2S2. The van der Waals surface area contributed by atoms with Gasteiger partial charge in [0.2, 0.25) is 5.91 Å². The molecule has 0 unspecified atom stereocenters. The van der Waals surface area contributed by atoms with Crippen molar-refractivity contribution in [1.82, 2.24) is 14.5 Å². The van der Waals surface area contributed by atoms with Crippen LogP contribution in [0.5, 0.6) is 0 Å². The van der Waals surface area contributed by atoms with Crippen molar-refractivity contribution < 1.29 is 4.79 Å². The number of thiophene rings is 1. The maximum Gasteiger partial charge on any atom is 0.263 e. The van der Waals surface area contributed by atoms with Gasteiger partial charge in [-0.05, 0) is 30.5 Å². The number of aryl methyl sites for hydroxylation is 2. The fourth-order valence-corrected chi connectivity index (χ4v) is 5.12. The number of rotatable bonds is 8. The number of nitrogens with zero attached hydrogens (tertiary/aromatic N) is 5. The van der Waals surface area contributed by atoms with Gasteiger partial charge in [0, 0.05) is 31.1 Å². The number of amides is 1. The number of hydrogen-bond donors (Lipinski definition) is 0. The predicted molar refractivity (Wildman–Crippen MR) is 128 cm³/mol. The van der Waals surface area contributed by atoms with E-state index in [9.17, 15) is 9.59 Å². The molecule has 0 atom stereocenters. The van der Waals surface area contributed by atoms with E-state index in [2.05, 4.69) is 18.0 Å². The monoisotopic (exact) mass is 465 g/mol. The summed E-state index contributed by atoms with van der Waals surface area (Å²) >= 11 is 2.60. The molecule has 7 nitrogen and oxygen atoms in total. The Balaban J connectivity index is 1.86. The van der Waals surface area contributed by atoms with Gasteiger partial charge in [-0.1, -0.05) is 30.0 Å². The lowest BCUT2D eigenvalue weighted by atomic mass is 10.0. The lowest BCUT2D eigenvalue weighted by molar-refractivity contribution is -0.128. The van der Waals surface area contributed by atoms with Gasteiger partial charge in [-0.3, -0.25) is 14.2 Å². The molecule has 0 saturated heterocycles. The molecule has 0 radical (unpaired) electrons. The zero-order chi connectivity index (χ0) is 23.3. The molecule has 0 spiro atoms. The van der Waals surface area contributed by atoms with E-state index in [0.29, 0.717) is 15.4 Å². The highest BCUT2D eigenvalue weighted by Crippen LogP contribution is 2.33. The van der Waals surface area contributed by atoms with E-state index < -0.39 is 0 Å². The highest BCUT2D eigenvalue weighted by Gasteiger charge is 2.18. The number of hydrogen-bond acceptors (Lipinski definition) is 7. The predicted octanol–water partition coefficient (Wildman–Crippen LogP) is 4.03. The minimum absolute atomic E-state index is 0.0814. The average molecular weight is 466 g/mol. The maximum absolute atomic E-state index is 13.2. The Morgan fingerprint density at radius 2 is 1.88 bits per heavy atom. The number of thioether (sulfide) groups is 1. The molecule has 1 aromatic carbocycles. The van der Waals surface area contributed by atoms with Crippen molar-refractivity contribution >= 4 is 39.2 Å². The lowest BCUT2D eigenvalue weighted by Gasteiger charge is -2.20. The number of nitriles is 2. The third-order valence-electron chi connectivity index (χ3n) is 5.26. The van der Waals surface area contributed by atoms with Crippen LogP contribution in [0.1, 0.15) is 24.0 Å². The Hall–Kier alpha value is -3.14. The maximum atomic E-state index is 13.2. The summed E-state index contributed by atoms with van der Waals surface area (Å²) in [7, 11) is 1.66. The molecule has 0 aliphatic heterocycles. The second kappa shape index (κ2) is 10.4. The average Bonchev–Trinajstić information content (AvgIpc) is 3.21.